The summed E-state index contributed by atoms with van der Waals surface area (Å²) < 4.78 is 1.76. The molecule has 8 nitrogen and oxygen atoms in total. The van der Waals surface area contributed by atoms with Gasteiger partial charge in [-0.2, -0.15) is 4.98 Å². The lowest BCUT2D eigenvalue weighted by Gasteiger charge is -2.14. The van der Waals surface area contributed by atoms with Gasteiger partial charge in [0, 0.05) is 17.4 Å². The summed E-state index contributed by atoms with van der Waals surface area (Å²) in [5.41, 5.74) is 4.23. The summed E-state index contributed by atoms with van der Waals surface area (Å²) in [6, 6.07) is 7.33. The Kier molecular flexibility index (Phi) is 7.82. The fourth-order valence-electron chi connectivity index (χ4n) is 4.41. The highest BCUT2D eigenvalue weighted by atomic mass is 32.2. The number of amides is 2. The first kappa shape index (κ1) is 24.2. The Bertz CT molecular complexity index is 1190. The van der Waals surface area contributed by atoms with E-state index in [4.69, 9.17) is 0 Å². The number of para-hydroxylation sites is 1. The number of unbranched alkanes of at least 4 members (excludes halogenated alkanes) is 1. The van der Waals surface area contributed by atoms with Gasteiger partial charge >= 0.3 is 0 Å². The van der Waals surface area contributed by atoms with E-state index in [2.05, 4.69) is 32.6 Å². The summed E-state index contributed by atoms with van der Waals surface area (Å²) >= 11 is 1.26. The van der Waals surface area contributed by atoms with Gasteiger partial charge in [0.1, 0.15) is 0 Å². The van der Waals surface area contributed by atoms with Crippen molar-refractivity contribution in [1.29, 1.82) is 0 Å². The van der Waals surface area contributed by atoms with Crippen LogP contribution in [-0.4, -0.2) is 43.2 Å². The van der Waals surface area contributed by atoms with Crippen LogP contribution in [-0.2, 0) is 11.2 Å². The number of nitrogens with one attached hydrogen (secondary N) is 2. The number of aryl methyl sites for hydroxylation is 2. The van der Waals surface area contributed by atoms with Crippen LogP contribution < -0.4 is 10.6 Å². The summed E-state index contributed by atoms with van der Waals surface area (Å²) in [6.07, 6.45) is 7.50. The fourth-order valence-corrected chi connectivity index (χ4v) is 5.02. The molecule has 0 bridgehead atoms. The topological polar surface area (TPSA) is 101 Å². The molecule has 3 aromatic rings. The molecule has 0 atom stereocenters. The molecule has 2 heterocycles. The highest BCUT2D eigenvalue weighted by Crippen LogP contribution is 2.22. The maximum atomic E-state index is 12.7. The number of hydrogen-bond donors (Lipinski definition) is 2. The molecule has 180 valence electrons. The molecule has 0 saturated heterocycles. The van der Waals surface area contributed by atoms with E-state index < -0.39 is 0 Å². The minimum atomic E-state index is -0.213. The molecule has 1 aliphatic carbocycles. The van der Waals surface area contributed by atoms with Crippen LogP contribution in [0.25, 0.3) is 5.78 Å². The Morgan fingerprint density at radius 1 is 1.15 bits per heavy atom. The van der Waals surface area contributed by atoms with Crippen molar-refractivity contribution < 1.29 is 9.59 Å². The minimum absolute atomic E-state index is 0.135. The predicted molar refractivity (Wildman–Crippen MR) is 134 cm³/mol. The molecule has 34 heavy (non-hydrogen) atoms. The zero-order valence-electron chi connectivity index (χ0n) is 20.1. The van der Waals surface area contributed by atoms with E-state index in [0.717, 1.165) is 56.3 Å². The SMILES string of the molecule is CCCCc1c(C)nc2nc(SCC(=O)Nc3ccccc3C(=O)NC3CCCC3)nn2c1C. The van der Waals surface area contributed by atoms with Crippen LogP contribution in [0.4, 0.5) is 5.69 Å². The molecule has 1 fully saturated rings. The lowest BCUT2D eigenvalue weighted by molar-refractivity contribution is -0.113. The normalized spacial score (nSPS) is 14.0. The summed E-state index contributed by atoms with van der Waals surface area (Å²) in [7, 11) is 0. The van der Waals surface area contributed by atoms with Crippen LogP contribution in [0.1, 0.15) is 72.8 Å². The van der Waals surface area contributed by atoms with Crippen molar-refractivity contribution in [3.05, 3.63) is 46.8 Å². The highest BCUT2D eigenvalue weighted by Gasteiger charge is 2.20. The van der Waals surface area contributed by atoms with E-state index in [9.17, 15) is 9.59 Å². The quantitative estimate of drug-likeness (QED) is 0.438. The second-order valence-electron chi connectivity index (χ2n) is 8.81. The first-order valence-corrected chi connectivity index (χ1v) is 13.0. The zero-order valence-corrected chi connectivity index (χ0v) is 20.9. The average molecular weight is 481 g/mol. The zero-order chi connectivity index (χ0) is 24.1. The van der Waals surface area contributed by atoms with Crippen molar-refractivity contribution in [3.8, 4) is 0 Å². The van der Waals surface area contributed by atoms with Gasteiger partial charge < -0.3 is 10.6 Å². The van der Waals surface area contributed by atoms with Crippen molar-refractivity contribution in [2.45, 2.75) is 76.9 Å². The third-order valence-corrected chi connectivity index (χ3v) is 7.12. The number of nitrogens with zero attached hydrogens (tertiary/aromatic N) is 4. The van der Waals surface area contributed by atoms with E-state index in [1.54, 1.807) is 22.7 Å². The standard InChI is InChI=1S/C25H32N6O2S/c1-4-5-12-19-16(2)26-24-29-25(30-31(24)17(19)3)34-15-22(32)28-21-14-9-8-13-20(21)23(33)27-18-10-6-7-11-18/h8-9,13-14,18H,4-7,10-12,15H2,1-3H3,(H,27,33)(H,28,32). The van der Waals surface area contributed by atoms with Gasteiger partial charge in [-0.25, -0.2) is 9.50 Å². The van der Waals surface area contributed by atoms with Crippen LogP contribution >= 0.6 is 11.8 Å². The number of benzene rings is 1. The molecular weight excluding hydrogens is 448 g/mol. The van der Waals surface area contributed by atoms with Crippen molar-refractivity contribution in [2.75, 3.05) is 11.1 Å². The van der Waals surface area contributed by atoms with Gasteiger partial charge in [0.2, 0.25) is 11.1 Å². The smallest absolute Gasteiger partial charge is 0.253 e. The van der Waals surface area contributed by atoms with Crippen LogP contribution in [0.2, 0.25) is 0 Å². The third kappa shape index (κ3) is 5.58. The lowest BCUT2D eigenvalue weighted by Crippen LogP contribution is -2.33. The number of hydrogen-bond acceptors (Lipinski definition) is 6. The van der Waals surface area contributed by atoms with Gasteiger partial charge in [0.05, 0.1) is 17.0 Å². The van der Waals surface area contributed by atoms with Crippen molar-refractivity contribution in [3.63, 3.8) is 0 Å². The van der Waals surface area contributed by atoms with Crippen LogP contribution in [0, 0.1) is 13.8 Å². The maximum Gasteiger partial charge on any atom is 0.253 e. The average Bonchev–Trinajstić information content (AvgIpc) is 3.48. The Hall–Kier alpha value is -2.94. The molecule has 0 spiro atoms. The molecule has 1 aromatic carbocycles. The molecule has 2 aromatic heterocycles. The lowest BCUT2D eigenvalue weighted by atomic mass is 10.1. The van der Waals surface area contributed by atoms with E-state index >= 15 is 0 Å². The van der Waals surface area contributed by atoms with E-state index in [1.165, 1.54) is 17.3 Å². The Labute approximate surface area is 204 Å². The first-order chi connectivity index (χ1) is 16.5. The molecule has 9 heteroatoms. The van der Waals surface area contributed by atoms with Crippen LogP contribution in [0.15, 0.2) is 29.4 Å². The minimum Gasteiger partial charge on any atom is -0.349 e. The van der Waals surface area contributed by atoms with Crippen LogP contribution in [0.5, 0.6) is 0 Å². The predicted octanol–water partition coefficient (Wildman–Crippen LogP) is 4.49. The number of fused-ring (bicyclic) bond motifs is 1. The molecule has 1 aliphatic rings. The van der Waals surface area contributed by atoms with Crippen molar-refractivity contribution >= 4 is 35.0 Å². The van der Waals surface area contributed by atoms with Gasteiger partial charge in [0.15, 0.2) is 0 Å². The molecule has 4 rings (SSSR count). The Balaban J connectivity index is 1.40. The number of carbonyl (C=O) groups excluding carboxylic acids is 2. The van der Waals surface area contributed by atoms with Gasteiger partial charge in [-0.3, -0.25) is 9.59 Å². The Morgan fingerprint density at radius 2 is 1.91 bits per heavy atom. The van der Waals surface area contributed by atoms with E-state index in [1.807, 2.05) is 19.9 Å². The molecule has 1 saturated carbocycles. The molecule has 0 radical (unpaired) electrons. The number of carbonyl (C=O) groups is 2. The monoisotopic (exact) mass is 480 g/mol. The fraction of sp³-hybridized carbons (Fsp3) is 0.480. The maximum absolute atomic E-state index is 12.7. The molecule has 0 unspecified atom stereocenters. The van der Waals surface area contributed by atoms with Gasteiger partial charge in [-0.05, 0) is 57.2 Å². The number of rotatable bonds is 9. The van der Waals surface area contributed by atoms with Gasteiger partial charge in [-0.1, -0.05) is 50.1 Å². The summed E-state index contributed by atoms with van der Waals surface area (Å²) in [5, 5.41) is 11.0. The molecule has 2 amide bonds. The van der Waals surface area contributed by atoms with E-state index in [-0.39, 0.29) is 23.6 Å². The number of aromatic nitrogens is 4. The second kappa shape index (κ2) is 11.0. The molecule has 0 aliphatic heterocycles. The summed E-state index contributed by atoms with van der Waals surface area (Å²) in [6.45, 7) is 6.22. The second-order valence-corrected chi connectivity index (χ2v) is 9.75. The Morgan fingerprint density at radius 3 is 2.68 bits per heavy atom. The summed E-state index contributed by atoms with van der Waals surface area (Å²) in [5.74, 6) is 0.325. The largest absolute Gasteiger partial charge is 0.349 e. The first-order valence-electron chi connectivity index (χ1n) is 12.0. The number of anilines is 1. The molecular formula is C25H32N6O2S. The molecule has 2 N–H and O–H groups in total. The van der Waals surface area contributed by atoms with Crippen molar-refractivity contribution in [2.24, 2.45) is 0 Å². The third-order valence-electron chi connectivity index (χ3n) is 6.28. The summed E-state index contributed by atoms with van der Waals surface area (Å²) in [4.78, 5) is 34.5. The van der Waals surface area contributed by atoms with Gasteiger partial charge in [0.25, 0.3) is 11.7 Å². The van der Waals surface area contributed by atoms with Crippen LogP contribution in [0.3, 0.4) is 0 Å². The number of thioether (sulfide) groups is 1. The van der Waals surface area contributed by atoms with E-state index in [0.29, 0.717) is 22.2 Å². The van der Waals surface area contributed by atoms with Crippen molar-refractivity contribution in [1.82, 2.24) is 24.9 Å². The highest BCUT2D eigenvalue weighted by molar-refractivity contribution is 7.99. The van der Waals surface area contributed by atoms with Gasteiger partial charge in [-0.15, -0.1) is 5.10 Å².